The number of aliphatic carboxylic acids is 1. The van der Waals surface area contributed by atoms with Crippen LogP contribution in [0, 0.1) is 0 Å². The molecular weight excluding hydrogens is 274 g/mol. The minimum atomic E-state index is -1.04. The fraction of sp³-hybridized carbons (Fsp3) is 0.333. The molecule has 2 N–H and O–H groups in total. The summed E-state index contributed by atoms with van der Waals surface area (Å²) in [6.45, 7) is 1.43. The molecule has 0 aromatic heterocycles. The summed E-state index contributed by atoms with van der Waals surface area (Å²) in [7, 11) is 0. The standard InChI is InChI=1S/C12H14ClNO3S/c1-8(12(16)17)14-11(15)5-6-18-10-4-2-3-9(13)7-10/h2-4,7-8H,5-6H2,1H3,(H,14,15)(H,16,17). The van der Waals surface area contributed by atoms with Crippen molar-refractivity contribution in [3.63, 3.8) is 0 Å². The van der Waals surface area contributed by atoms with Gasteiger partial charge in [0.25, 0.3) is 0 Å². The number of carboxylic acids is 1. The van der Waals surface area contributed by atoms with E-state index in [1.807, 2.05) is 18.2 Å². The highest BCUT2D eigenvalue weighted by molar-refractivity contribution is 7.99. The maximum atomic E-state index is 11.4. The van der Waals surface area contributed by atoms with Crippen LogP contribution in [0.15, 0.2) is 29.2 Å². The second-order valence-corrected chi connectivity index (χ2v) is 5.29. The van der Waals surface area contributed by atoms with Crippen molar-refractivity contribution in [1.29, 1.82) is 0 Å². The van der Waals surface area contributed by atoms with Gasteiger partial charge in [-0.3, -0.25) is 9.59 Å². The molecule has 1 unspecified atom stereocenters. The van der Waals surface area contributed by atoms with Gasteiger partial charge in [-0.25, -0.2) is 0 Å². The fourth-order valence-corrected chi connectivity index (χ4v) is 2.36. The molecule has 4 nitrogen and oxygen atoms in total. The third-order valence-corrected chi connectivity index (χ3v) is 3.37. The first kappa shape index (κ1) is 14.9. The first-order valence-corrected chi connectivity index (χ1v) is 6.76. The van der Waals surface area contributed by atoms with Gasteiger partial charge in [-0.05, 0) is 25.1 Å². The van der Waals surface area contributed by atoms with E-state index in [0.717, 1.165) is 4.90 Å². The van der Waals surface area contributed by atoms with Gasteiger partial charge in [0.05, 0.1) is 0 Å². The predicted molar refractivity (Wildman–Crippen MR) is 72.0 cm³/mol. The highest BCUT2D eigenvalue weighted by Crippen LogP contribution is 2.21. The van der Waals surface area contributed by atoms with Crippen LogP contribution in [0.25, 0.3) is 0 Å². The molecule has 0 aliphatic carbocycles. The smallest absolute Gasteiger partial charge is 0.325 e. The van der Waals surface area contributed by atoms with Gasteiger partial charge in [0, 0.05) is 22.1 Å². The zero-order chi connectivity index (χ0) is 13.5. The van der Waals surface area contributed by atoms with Gasteiger partial charge in [0.2, 0.25) is 5.91 Å². The number of amides is 1. The van der Waals surface area contributed by atoms with E-state index in [4.69, 9.17) is 16.7 Å². The molecule has 1 amide bonds. The Bertz CT molecular complexity index is 439. The van der Waals surface area contributed by atoms with E-state index >= 15 is 0 Å². The van der Waals surface area contributed by atoms with E-state index in [0.29, 0.717) is 10.8 Å². The van der Waals surface area contributed by atoms with Crippen LogP contribution in [0.3, 0.4) is 0 Å². The van der Waals surface area contributed by atoms with Crippen LogP contribution in [0.4, 0.5) is 0 Å². The molecule has 0 heterocycles. The molecule has 0 saturated heterocycles. The van der Waals surface area contributed by atoms with Gasteiger partial charge in [-0.2, -0.15) is 0 Å². The molecule has 98 valence electrons. The van der Waals surface area contributed by atoms with Crippen molar-refractivity contribution < 1.29 is 14.7 Å². The third-order valence-electron chi connectivity index (χ3n) is 2.14. The van der Waals surface area contributed by atoms with Gasteiger partial charge < -0.3 is 10.4 Å². The Morgan fingerprint density at radius 3 is 2.83 bits per heavy atom. The number of rotatable bonds is 6. The molecule has 0 aliphatic rings. The van der Waals surface area contributed by atoms with Crippen LogP contribution in [0.1, 0.15) is 13.3 Å². The molecule has 1 aromatic carbocycles. The van der Waals surface area contributed by atoms with Crippen molar-refractivity contribution in [1.82, 2.24) is 5.32 Å². The lowest BCUT2D eigenvalue weighted by Gasteiger charge is -2.08. The molecule has 0 aliphatic heterocycles. The van der Waals surface area contributed by atoms with Crippen molar-refractivity contribution in [3.8, 4) is 0 Å². The van der Waals surface area contributed by atoms with Crippen molar-refractivity contribution in [3.05, 3.63) is 29.3 Å². The maximum Gasteiger partial charge on any atom is 0.325 e. The van der Waals surface area contributed by atoms with E-state index in [-0.39, 0.29) is 12.3 Å². The van der Waals surface area contributed by atoms with Crippen LogP contribution in [0.2, 0.25) is 5.02 Å². The number of carbonyl (C=O) groups is 2. The largest absolute Gasteiger partial charge is 0.480 e. The molecule has 0 fully saturated rings. The van der Waals surface area contributed by atoms with E-state index in [9.17, 15) is 9.59 Å². The van der Waals surface area contributed by atoms with Gasteiger partial charge in [-0.1, -0.05) is 17.7 Å². The van der Waals surface area contributed by atoms with Crippen LogP contribution in [-0.2, 0) is 9.59 Å². The van der Waals surface area contributed by atoms with Gasteiger partial charge in [0.15, 0.2) is 0 Å². The topological polar surface area (TPSA) is 66.4 Å². The van der Waals surface area contributed by atoms with E-state index < -0.39 is 12.0 Å². The SMILES string of the molecule is CC(NC(=O)CCSc1cccc(Cl)c1)C(=O)O. The summed E-state index contributed by atoms with van der Waals surface area (Å²) < 4.78 is 0. The summed E-state index contributed by atoms with van der Waals surface area (Å²) in [5, 5.41) is 11.7. The molecule has 1 aromatic rings. The lowest BCUT2D eigenvalue weighted by molar-refractivity contribution is -0.141. The van der Waals surface area contributed by atoms with Gasteiger partial charge in [-0.15, -0.1) is 11.8 Å². The number of thioether (sulfide) groups is 1. The number of hydrogen-bond donors (Lipinski definition) is 2. The molecule has 6 heteroatoms. The van der Waals surface area contributed by atoms with E-state index in [2.05, 4.69) is 5.32 Å². The normalized spacial score (nSPS) is 11.9. The van der Waals surface area contributed by atoms with Crippen LogP contribution in [-0.4, -0.2) is 28.8 Å². The lowest BCUT2D eigenvalue weighted by Crippen LogP contribution is -2.38. The lowest BCUT2D eigenvalue weighted by atomic mass is 10.3. The number of hydrogen-bond acceptors (Lipinski definition) is 3. The minimum absolute atomic E-state index is 0.264. The van der Waals surface area contributed by atoms with Gasteiger partial charge >= 0.3 is 5.97 Å². The first-order chi connectivity index (χ1) is 8.49. The van der Waals surface area contributed by atoms with Crippen molar-refractivity contribution in [2.75, 3.05) is 5.75 Å². The Kier molecular flexibility index (Phi) is 6.01. The summed E-state index contributed by atoms with van der Waals surface area (Å²) in [6.07, 6.45) is 0.273. The molecule has 1 atom stereocenters. The monoisotopic (exact) mass is 287 g/mol. The maximum absolute atomic E-state index is 11.4. The molecule has 0 bridgehead atoms. The Balaban J connectivity index is 2.29. The Labute approximate surface area is 115 Å². The Morgan fingerprint density at radius 2 is 2.22 bits per heavy atom. The first-order valence-electron chi connectivity index (χ1n) is 5.39. The van der Waals surface area contributed by atoms with Crippen LogP contribution >= 0.6 is 23.4 Å². The second-order valence-electron chi connectivity index (χ2n) is 3.68. The number of carboxylic acid groups (broad SMARTS) is 1. The molecular formula is C12H14ClNO3S. The number of halogens is 1. The van der Waals surface area contributed by atoms with Crippen LogP contribution < -0.4 is 5.32 Å². The molecule has 0 radical (unpaired) electrons. The average Bonchev–Trinajstić information content (AvgIpc) is 2.28. The average molecular weight is 288 g/mol. The Morgan fingerprint density at radius 1 is 1.50 bits per heavy atom. The number of benzene rings is 1. The van der Waals surface area contributed by atoms with E-state index in [1.54, 1.807) is 6.07 Å². The molecule has 0 spiro atoms. The molecule has 18 heavy (non-hydrogen) atoms. The summed E-state index contributed by atoms with van der Waals surface area (Å²) in [6, 6.07) is 6.51. The summed E-state index contributed by atoms with van der Waals surface area (Å²) >= 11 is 7.34. The zero-order valence-electron chi connectivity index (χ0n) is 9.85. The third kappa shape index (κ3) is 5.42. The number of carbonyl (C=O) groups excluding carboxylic acids is 1. The van der Waals surface area contributed by atoms with Gasteiger partial charge in [0.1, 0.15) is 6.04 Å². The summed E-state index contributed by atoms with van der Waals surface area (Å²) in [5.41, 5.74) is 0. The Hall–Kier alpha value is -1.20. The van der Waals surface area contributed by atoms with Crippen molar-refractivity contribution >= 4 is 35.2 Å². The molecule has 0 saturated carbocycles. The minimum Gasteiger partial charge on any atom is -0.480 e. The second kappa shape index (κ2) is 7.28. The zero-order valence-corrected chi connectivity index (χ0v) is 11.4. The van der Waals surface area contributed by atoms with Crippen molar-refractivity contribution in [2.45, 2.75) is 24.3 Å². The highest BCUT2D eigenvalue weighted by Gasteiger charge is 2.13. The quantitative estimate of drug-likeness (QED) is 0.789. The fourth-order valence-electron chi connectivity index (χ4n) is 1.19. The molecule has 1 rings (SSSR count). The predicted octanol–water partition coefficient (Wildman–Crippen LogP) is 2.41. The summed E-state index contributed by atoms with van der Waals surface area (Å²) in [4.78, 5) is 22.9. The van der Waals surface area contributed by atoms with E-state index in [1.165, 1.54) is 18.7 Å². The summed E-state index contributed by atoms with van der Waals surface area (Å²) in [5.74, 6) is -0.719. The highest BCUT2D eigenvalue weighted by atomic mass is 35.5. The van der Waals surface area contributed by atoms with Crippen molar-refractivity contribution in [2.24, 2.45) is 0 Å². The van der Waals surface area contributed by atoms with Crippen LogP contribution in [0.5, 0.6) is 0 Å². The number of nitrogens with one attached hydrogen (secondary N) is 1.